The smallest absolute Gasteiger partial charge is 0.463 e. The number of anilines is 5. The van der Waals surface area contributed by atoms with Crippen molar-refractivity contribution in [3.05, 3.63) is 79.3 Å². The highest BCUT2D eigenvalue weighted by Gasteiger charge is 2.46. The normalized spacial score (nSPS) is 21.4. The van der Waals surface area contributed by atoms with Crippen LogP contribution in [0.2, 0.25) is 0 Å². The van der Waals surface area contributed by atoms with Crippen LogP contribution in [0.1, 0.15) is 139 Å². The van der Waals surface area contributed by atoms with E-state index in [9.17, 15) is 82.4 Å². The highest BCUT2D eigenvalue weighted by Crippen LogP contribution is 2.39. The second-order valence-electron chi connectivity index (χ2n) is 30.1. The number of rotatable bonds is 20. The number of carbonyl (C=O) groups is 9. The van der Waals surface area contributed by atoms with Crippen LogP contribution in [0.25, 0.3) is 51.7 Å². The number of aromatic nitrogens is 15. The van der Waals surface area contributed by atoms with Gasteiger partial charge in [0, 0.05) is 92.4 Å². The quantitative estimate of drug-likeness (QED) is 0.0227. The standard InChI is InChI=1S/C16H20N4O7S.C14H16N4O6S.C14H18N4O6S.2C12H14N4O5S.C4H7ClO2.C3H6ClNO.2CH5N/c1-7(2)25-16(23)24-6-9-4-10(26-8(3)21)13(27-9)20-12-11(28-15(20)22)5-18-14(17)19-12;1-6(19)22-5-8-3-9(23-7(2)20)12(24-8)18-11-10(25-14(18)21)4-16-13(15)17-11;1-6(2)23-14(21)22-5-7-3-8(19)11(24-7)18-10-9(25-13(18)20)4-16-12(15)17-10;1-5(17)20-4-6-2-7(18)10(21-6)16-9-8(22-12(16)19)3-14-11(13)15-9;1-5(18)20-7-2-6(4-17)21-10(7)16-9-8(22-12(16)19)3-14-11(13)15-9;1-3(2)7-4(5)6;1-5(2)3(4)6;2*1-2/h5,7,9-10,13H,4,6H2,1-3H3,(H2,17,18,19);4,8-9,12H,3,5H2,1-2H3,(H2,15,16,17);4,6-8,11,19H,3,5H2,1-2H3,(H2,15,16,17);3,6-7,10,18H,2,4H2,1H3,(H2,13,14,15);3,6-7,10,17H,2,4H2,1H3,(H2,13,14,15);3H,1-2H3;1-2H3;2*2H2,1H3/t9-,10+,13+;8-,9+,12+;7-,8+,11+;2*6-,7+,10+;;;;/m00000..../s1. The van der Waals surface area contributed by atoms with Gasteiger partial charge in [0.1, 0.15) is 56.9 Å². The maximum atomic E-state index is 12.5. The summed E-state index contributed by atoms with van der Waals surface area (Å²) in [6.07, 6.45) is -5.07. The van der Waals surface area contributed by atoms with Crippen molar-refractivity contribution in [1.29, 1.82) is 0 Å². The predicted molar refractivity (Wildman–Crippen MR) is 500 cm³/mol. The molecule has 139 heavy (non-hydrogen) atoms. The summed E-state index contributed by atoms with van der Waals surface area (Å²) in [6.45, 7) is 16.2. The number of aliphatic hydroxyl groups is 3. The van der Waals surface area contributed by atoms with Gasteiger partial charge in [0.2, 0.25) is 29.7 Å². The Hall–Kier alpha value is -12.1. The summed E-state index contributed by atoms with van der Waals surface area (Å²) in [4.78, 5) is 199. The second kappa shape index (κ2) is 53.3. The Balaban J connectivity index is 0.000000227. The molecule has 1 amide bonds. The lowest BCUT2D eigenvalue weighted by Crippen LogP contribution is -2.30. The molecule has 62 heteroatoms. The number of nitrogen functional groups attached to an aromatic ring is 5. The lowest BCUT2D eigenvalue weighted by Gasteiger charge is -2.19. The lowest BCUT2D eigenvalue weighted by atomic mass is 10.2. The molecule has 55 nitrogen and oxygen atoms in total. The van der Waals surface area contributed by atoms with E-state index in [4.69, 9.17) is 118 Å². The Kier molecular flexibility index (Phi) is 43.7. The number of carbonyl (C=O) groups excluding carboxylic acids is 9. The third-order valence-electron chi connectivity index (χ3n) is 18.1. The highest BCUT2D eigenvalue weighted by molar-refractivity contribution is 7.17. The first-order valence-electron chi connectivity index (χ1n) is 41.4. The number of aliphatic hydroxyl groups excluding tert-OH is 3. The first-order valence-corrected chi connectivity index (χ1v) is 46.3. The molecular weight excluding hydrogens is 1990 g/mol. The van der Waals surface area contributed by atoms with Crippen LogP contribution in [-0.2, 0) is 95.0 Å². The molecule has 0 aromatic carbocycles. The third-order valence-corrected chi connectivity index (χ3v) is 23.0. The van der Waals surface area contributed by atoms with Gasteiger partial charge in [-0.25, -0.2) is 39.3 Å². The number of hydrogen-bond donors (Lipinski definition) is 10. The van der Waals surface area contributed by atoms with Gasteiger partial charge in [0.05, 0.1) is 110 Å². The third kappa shape index (κ3) is 32.7. The number of nitrogens with two attached hydrogens (primary N) is 7. The first-order chi connectivity index (χ1) is 65.6. The van der Waals surface area contributed by atoms with E-state index in [1.165, 1.54) is 107 Å². The van der Waals surface area contributed by atoms with Crippen LogP contribution in [0.3, 0.4) is 0 Å². The van der Waals surface area contributed by atoms with Gasteiger partial charge < -0.3 is 131 Å². The maximum absolute atomic E-state index is 12.5. The van der Waals surface area contributed by atoms with Gasteiger partial charge >= 0.3 is 77.3 Å². The summed E-state index contributed by atoms with van der Waals surface area (Å²) >= 11 is 14.4. The fourth-order valence-corrected chi connectivity index (χ4v) is 17.3. The van der Waals surface area contributed by atoms with E-state index in [1.807, 2.05) is 0 Å². The second-order valence-corrected chi connectivity index (χ2v) is 35.7. The number of halogens is 2. The van der Waals surface area contributed by atoms with Crippen LogP contribution in [0.4, 0.5) is 48.9 Å². The minimum atomic E-state index is -0.957. The van der Waals surface area contributed by atoms with Crippen LogP contribution in [0.5, 0.6) is 0 Å². The Morgan fingerprint density at radius 3 is 0.827 bits per heavy atom. The van der Waals surface area contributed by atoms with Crippen molar-refractivity contribution in [3.63, 3.8) is 0 Å². The Bertz CT molecular complexity index is 6210. The molecule has 0 spiro atoms. The van der Waals surface area contributed by atoms with E-state index in [-0.39, 0.29) is 137 Å². The zero-order valence-corrected chi connectivity index (χ0v) is 82.6. The Morgan fingerprint density at radius 1 is 0.388 bits per heavy atom. The molecular formula is C77H105Cl2N23O32S5. The van der Waals surface area contributed by atoms with Crippen molar-refractivity contribution < 1.29 is 130 Å². The molecule has 5 aliphatic rings. The number of amides is 1. The minimum absolute atomic E-state index is 0.00241. The van der Waals surface area contributed by atoms with Crippen molar-refractivity contribution >= 4 is 214 Å². The van der Waals surface area contributed by atoms with Gasteiger partial charge in [-0.3, -0.25) is 75.6 Å². The molecule has 0 unspecified atom stereocenters. The van der Waals surface area contributed by atoms with E-state index in [0.29, 0.717) is 52.5 Å². The molecule has 17 N–H and O–H groups in total. The molecule has 10 aromatic rings. The number of esters is 5. The van der Waals surface area contributed by atoms with Crippen LogP contribution >= 0.6 is 79.9 Å². The molecule has 15 heterocycles. The van der Waals surface area contributed by atoms with Crippen molar-refractivity contribution in [1.82, 2.24) is 77.6 Å². The van der Waals surface area contributed by atoms with E-state index in [0.717, 1.165) is 56.7 Å². The zero-order chi connectivity index (χ0) is 103. The zero-order valence-electron chi connectivity index (χ0n) is 77.0. The molecule has 0 radical (unpaired) electrons. The molecule has 15 atom stereocenters. The van der Waals surface area contributed by atoms with Gasteiger partial charge in [-0.2, -0.15) is 24.9 Å². The number of nitrogens with zero attached hydrogens (tertiary/aromatic N) is 16. The average Bonchev–Trinajstić information content (AvgIpc) is 1.64. The number of ether oxygens (including phenoxy) is 15. The summed E-state index contributed by atoms with van der Waals surface area (Å²) in [5.41, 5.74) is 37.7. The van der Waals surface area contributed by atoms with E-state index in [1.54, 1.807) is 55.6 Å². The first kappa shape index (κ1) is 114. The van der Waals surface area contributed by atoms with E-state index in [2.05, 4.69) is 66.0 Å². The molecule has 0 saturated carbocycles. The highest BCUT2D eigenvalue weighted by atomic mass is 35.5. The predicted octanol–water partition coefficient (Wildman–Crippen LogP) is 3.20. The molecule has 5 saturated heterocycles. The molecule has 764 valence electrons. The SMILES string of the molecule is CC(=O)OC[C@@H]1C[C@@H](O)[C@H](n2c(=O)sc3cnc(N)nc32)O1.CC(=O)OC[C@@H]1C[C@@H](OC(C)=O)[C@H](n2c(=O)sc3cnc(N)nc32)O1.CC(=O)O[C@@H]1C[C@@H](CO)O[C@H]1n1c(=O)sc2cnc(N)nc21.CC(=O)O[C@@H]1C[C@@H](COC(=O)OC(C)C)O[C@H]1n1c(=O)sc2cnc(N)nc21.CC(C)OC(=O)Cl.CC(C)OC(=O)OC[C@@H]1C[C@@H](O)[C@H](n2c(=O)sc3cnc(N)nc32)O1.CN.CN.CN(C)C(=O)Cl. The van der Waals surface area contributed by atoms with Gasteiger partial charge in [-0.15, -0.1) is 0 Å². The topological polar surface area (TPSA) is 777 Å². The van der Waals surface area contributed by atoms with Crippen LogP contribution < -0.4 is 64.5 Å². The van der Waals surface area contributed by atoms with Gasteiger partial charge in [-0.05, 0) is 67.2 Å². The molecule has 5 aliphatic heterocycles. The lowest BCUT2D eigenvalue weighted by molar-refractivity contribution is -0.153. The molecule has 10 aromatic heterocycles. The summed E-state index contributed by atoms with van der Waals surface area (Å²) in [6, 6.07) is 0. The molecule has 0 aliphatic carbocycles. The van der Waals surface area contributed by atoms with Gasteiger partial charge in [0.25, 0.3) is 0 Å². The summed E-state index contributed by atoms with van der Waals surface area (Å²) < 4.78 is 87.5. The summed E-state index contributed by atoms with van der Waals surface area (Å²) in [5, 5.41) is 29.3. The monoisotopic (exact) mass is 2090 g/mol. The van der Waals surface area contributed by atoms with Crippen molar-refractivity contribution in [2.75, 3.05) is 89.9 Å². The van der Waals surface area contributed by atoms with Gasteiger partial charge in [-0.1, -0.05) is 56.7 Å². The summed E-state index contributed by atoms with van der Waals surface area (Å²) in [5.74, 6) is -2.32. The van der Waals surface area contributed by atoms with E-state index >= 15 is 0 Å². The van der Waals surface area contributed by atoms with Gasteiger partial charge in [0.15, 0.2) is 59.4 Å². The van der Waals surface area contributed by atoms with Crippen molar-refractivity contribution in [2.45, 2.75) is 219 Å². The Morgan fingerprint density at radius 2 is 0.612 bits per heavy atom. The van der Waals surface area contributed by atoms with Crippen molar-refractivity contribution in [3.8, 4) is 0 Å². The van der Waals surface area contributed by atoms with Crippen LogP contribution in [0, 0.1) is 0 Å². The van der Waals surface area contributed by atoms with Crippen molar-refractivity contribution in [2.24, 2.45) is 11.5 Å². The van der Waals surface area contributed by atoms with Crippen LogP contribution in [-0.4, -0.2) is 286 Å². The average molecular weight is 2100 g/mol. The number of fused-ring (bicyclic) bond motifs is 5. The Labute approximate surface area is 816 Å². The fourth-order valence-electron chi connectivity index (χ4n) is 13.0. The fraction of sp³-hybridized carbons (Fsp3) is 0.558. The van der Waals surface area contributed by atoms with Crippen LogP contribution in [0.15, 0.2) is 55.0 Å². The minimum Gasteiger partial charge on any atom is -0.463 e. The molecule has 15 rings (SSSR count). The number of thiazole rings is 5. The summed E-state index contributed by atoms with van der Waals surface area (Å²) in [7, 11) is 6.19. The number of hydrogen-bond acceptors (Lipinski definition) is 54. The van der Waals surface area contributed by atoms with E-state index < -0.39 is 145 Å². The maximum Gasteiger partial charge on any atom is 0.508 e. The molecule has 5 fully saturated rings. The largest absolute Gasteiger partial charge is 0.508 e. The molecule has 0 bridgehead atoms.